The molecule has 5 aromatic heterocycles. The molecule has 2 N–H and O–H groups in total. The predicted molar refractivity (Wildman–Crippen MR) is 121 cm³/mol. The summed E-state index contributed by atoms with van der Waals surface area (Å²) in [6.07, 6.45) is 8.56. The molecule has 0 unspecified atom stereocenters. The van der Waals surface area contributed by atoms with Gasteiger partial charge < -0.3 is 5.32 Å². The second-order valence-corrected chi connectivity index (χ2v) is 7.51. The maximum Gasteiger partial charge on any atom is 0.272 e. The third-order valence-electron chi connectivity index (χ3n) is 5.17. The van der Waals surface area contributed by atoms with Crippen LogP contribution in [-0.2, 0) is 6.54 Å². The highest BCUT2D eigenvalue weighted by Gasteiger charge is 2.10. The Kier molecular flexibility index (Phi) is 4.91. The third kappa shape index (κ3) is 3.71. The van der Waals surface area contributed by atoms with E-state index < -0.39 is 0 Å². The number of H-pyrrole nitrogens is 1. The predicted octanol–water partition coefficient (Wildman–Crippen LogP) is 3.17. The zero-order valence-electron chi connectivity index (χ0n) is 17.6. The summed E-state index contributed by atoms with van der Waals surface area (Å²) in [5, 5.41) is 13.9. The molecule has 0 saturated heterocycles. The van der Waals surface area contributed by atoms with E-state index in [9.17, 15) is 4.79 Å². The first kappa shape index (κ1) is 19.6. The molecule has 0 fully saturated rings. The molecule has 0 bridgehead atoms. The molecule has 0 saturated carbocycles. The van der Waals surface area contributed by atoms with Gasteiger partial charge in [0.05, 0.1) is 29.2 Å². The maximum atomic E-state index is 12.0. The summed E-state index contributed by atoms with van der Waals surface area (Å²) in [7, 11) is 0. The number of nitrogens with one attached hydrogen (secondary N) is 2. The SMILES string of the molecule is Cc1cc(-c2ncc(CNc3ncc4cc(-c5ccn[nH]c5=O)cnn34)cc2C)ccn1. The topological polar surface area (TPSA) is 114 Å². The van der Waals surface area contributed by atoms with Crippen molar-refractivity contribution in [3.05, 3.63) is 88.5 Å². The molecule has 0 aliphatic rings. The van der Waals surface area contributed by atoms with Crippen molar-refractivity contribution in [2.24, 2.45) is 0 Å². The summed E-state index contributed by atoms with van der Waals surface area (Å²) in [6.45, 7) is 4.57. The highest BCUT2D eigenvalue weighted by molar-refractivity contribution is 5.67. The van der Waals surface area contributed by atoms with E-state index in [2.05, 4.69) is 48.6 Å². The summed E-state index contributed by atoms with van der Waals surface area (Å²) >= 11 is 0. The van der Waals surface area contributed by atoms with Gasteiger partial charge in [0.15, 0.2) is 0 Å². The summed E-state index contributed by atoms with van der Waals surface area (Å²) in [6, 6.07) is 9.64. The number of aromatic nitrogens is 7. The normalized spacial score (nSPS) is 11.1. The molecule has 0 aliphatic heterocycles. The van der Waals surface area contributed by atoms with Crippen molar-refractivity contribution >= 4 is 11.5 Å². The van der Waals surface area contributed by atoms with Crippen molar-refractivity contribution in [1.82, 2.24) is 34.8 Å². The zero-order valence-corrected chi connectivity index (χ0v) is 17.6. The number of aromatic amines is 1. The summed E-state index contributed by atoms with van der Waals surface area (Å²) in [4.78, 5) is 25.3. The minimum Gasteiger partial charge on any atom is -0.350 e. The first-order valence-electron chi connectivity index (χ1n) is 10.1. The fraction of sp³-hybridized carbons (Fsp3) is 0.130. The Hall–Kier alpha value is -4.40. The highest BCUT2D eigenvalue weighted by atomic mass is 16.1. The van der Waals surface area contributed by atoms with Crippen LogP contribution in [0.4, 0.5) is 5.95 Å². The molecule has 0 spiro atoms. The minimum absolute atomic E-state index is 0.259. The van der Waals surface area contributed by atoms with Gasteiger partial charge >= 0.3 is 0 Å². The number of imidazole rings is 1. The van der Waals surface area contributed by atoms with Gasteiger partial charge in [0.25, 0.3) is 5.56 Å². The lowest BCUT2D eigenvalue weighted by Gasteiger charge is -2.09. The number of hydrogen-bond acceptors (Lipinski definition) is 7. The lowest BCUT2D eigenvalue weighted by Crippen LogP contribution is -2.10. The quantitative estimate of drug-likeness (QED) is 0.445. The van der Waals surface area contributed by atoms with Gasteiger partial charge in [0.2, 0.25) is 5.95 Å². The van der Waals surface area contributed by atoms with Gasteiger partial charge in [-0.25, -0.2) is 10.1 Å². The van der Waals surface area contributed by atoms with Crippen molar-refractivity contribution in [3.63, 3.8) is 0 Å². The smallest absolute Gasteiger partial charge is 0.272 e. The molecule has 9 nitrogen and oxygen atoms in total. The average Bonchev–Trinajstić information content (AvgIpc) is 3.20. The first-order chi connectivity index (χ1) is 15.6. The molecule has 158 valence electrons. The Balaban J connectivity index is 1.36. The average molecular weight is 424 g/mol. The monoisotopic (exact) mass is 424 g/mol. The maximum absolute atomic E-state index is 12.0. The van der Waals surface area contributed by atoms with Crippen LogP contribution in [0.2, 0.25) is 0 Å². The molecular formula is C23H20N8O. The number of rotatable bonds is 5. The summed E-state index contributed by atoms with van der Waals surface area (Å²) in [5.41, 5.74) is 6.83. The van der Waals surface area contributed by atoms with Crippen molar-refractivity contribution in [2.45, 2.75) is 20.4 Å². The van der Waals surface area contributed by atoms with E-state index in [4.69, 9.17) is 0 Å². The van der Waals surface area contributed by atoms with Crippen molar-refractivity contribution in [2.75, 3.05) is 5.32 Å². The van der Waals surface area contributed by atoms with Gasteiger partial charge in [-0.2, -0.15) is 14.7 Å². The van der Waals surface area contributed by atoms with Gasteiger partial charge in [-0.15, -0.1) is 0 Å². The highest BCUT2D eigenvalue weighted by Crippen LogP contribution is 2.22. The summed E-state index contributed by atoms with van der Waals surface area (Å²) in [5.74, 6) is 0.613. The number of hydrogen-bond donors (Lipinski definition) is 2. The van der Waals surface area contributed by atoms with Crippen LogP contribution in [0.1, 0.15) is 16.8 Å². The molecule has 32 heavy (non-hydrogen) atoms. The van der Waals surface area contributed by atoms with Crippen molar-refractivity contribution in [1.29, 1.82) is 0 Å². The number of nitrogens with zero attached hydrogens (tertiary/aromatic N) is 6. The standard InChI is InChI=1S/C23H20N8O/c1-14-7-16(10-25-21(14)17-3-5-24-15(2)8-17)11-26-23-27-13-19-9-18(12-29-31(19)23)20-4-6-28-30-22(20)32/h3-10,12-13H,11H2,1-2H3,(H,26,27)(H,30,32). The molecule has 0 amide bonds. The fourth-order valence-corrected chi connectivity index (χ4v) is 3.64. The van der Waals surface area contributed by atoms with Gasteiger partial charge in [-0.3, -0.25) is 14.8 Å². The largest absolute Gasteiger partial charge is 0.350 e. The fourth-order valence-electron chi connectivity index (χ4n) is 3.64. The van der Waals surface area contributed by atoms with E-state index in [0.29, 0.717) is 23.6 Å². The zero-order chi connectivity index (χ0) is 22.1. The van der Waals surface area contributed by atoms with Crippen LogP contribution >= 0.6 is 0 Å². The lowest BCUT2D eigenvalue weighted by molar-refractivity contribution is 0.911. The molecule has 5 aromatic rings. The van der Waals surface area contributed by atoms with Gasteiger partial charge in [-0.05, 0) is 49.2 Å². The molecule has 5 rings (SSSR count). The van der Waals surface area contributed by atoms with Crippen LogP contribution in [0.5, 0.6) is 0 Å². The molecule has 0 aromatic carbocycles. The number of anilines is 1. The minimum atomic E-state index is -0.259. The summed E-state index contributed by atoms with van der Waals surface area (Å²) < 4.78 is 1.70. The van der Waals surface area contributed by atoms with E-state index in [1.54, 1.807) is 35.4 Å². The van der Waals surface area contributed by atoms with Gasteiger partial charge in [-0.1, -0.05) is 6.07 Å². The Morgan fingerprint density at radius 1 is 0.969 bits per heavy atom. The molecule has 5 heterocycles. The third-order valence-corrected chi connectivity index (χ3v) is 5.17. The van der Waals surface area contributed by atoms with Crippen molar-refractivity contribution in [3.8, 4) is 22.4 Å². The number of aryl methyl sites for hydroxylation is 2. The second kappa shape index (κ2) is 8.03. The van der Waals surface area contributed by atoms with Crippen LogP contribution in [-0.4, -0.2) is 34.8 Å². The molecular weight excluding hydrogens is 404 g/mol. The lowest BCUT2D eigenvalue weighted by atomic mass is 10.1. The molecule has 0 aliphatic carbocycles. The molecule has 9 heteroatoms. The Bertz CT molecular complexity index is 1490. The van der Waals surface area contributed by atoms with Crippen LogP contribution in [0.3, 0.4) is 0 Å². The molecule has 0 atom stereocenters. The Labute approximate surface area is 183 Å². The molecule has 0 radical (unpaired) electrons. The second-order valence-electron chi connectivity index (χ2n) is 7.51. The number of pyridine rings is 2. The van der Waals surface area contributed by atoms with E-state index in [-0.39, 0.29) is 5.56 Å². The van der Waals surface area contributed by atoms with E-state index >= 15 is 0 Å². The first-order valence-corrected chi connectivity index (χ1v) is 10.1. The van der Waals surface area contributed by atoms with Crippen LogP contribution in [0, 0.1) is 13.8 Å². The van der Waals surface area contributed by atoms with Crippen LogP contribution in [0.15, 0.2) is 66.1 Å². The van der Waals surface area contributed by atoms with Crippen LogP contribution in [0.25, 0.3) is 27.9 Å². The van der Waals surface area contributed by atoms with E-state index in [0.717, 1.165) is 33.6 Å². The van der Waals surface area contributed by atoms with Gasteiger partial charge in [0, 0.05) is 42.0 Å². The van der Waals surface area contributed by atoms with Crippen LogP contribution < -0.4 is 10.9 Å². The Morgan fingerprint density at radius 3 is 2.69 bits per heavy atom. The van der Waals surface area contributed by atoms with E-state index in [1.165, 1.54) is 0 Å². The van der Waals surface area contributed by atoms with E-state index in [1.807, 2.05) is 31.3 Å². The van der Waals surface area contributed by atoms with Gasteiger partial charge in [0.1, 0.15) is 0 Å². The Morgan fingerprint density at radius 2 is 1.88 bits per heavy atom. The van der Waals surface area contributed by atoms with Crippen molar-refractivity contribution < 1.29 is 0 Å². The number of fused-ring (bicyclic) bond motifs is 1.